The Hall–Kier alpha value is -5.23. The zero-order valence-corrected chi connectivity index (χ0v) is 20.5. The lowest BCUT2D eigenvalue weighted by atomic mass is 10.0. The fraction of sp³-hybridized carbons (Fsp3) is 0.0312. The highest BCUT2D eigenvalue weighted by Gasteiger charge is 2.16. The summed E-state index contributed by atoms with van der Waals surface area (Å²) in [5.74, 6) is 2.43. The van der Waals surface area contributed by atoms with Crippen LogP contribution in [-0.2, 0) is 0 Å². The first-order chi connectivity index (χ1) is 18.8. The van der Waals surface area contributed by atoms with E-state index in [4.69, 9.17) is 4.74 Å². The van der Waals surface area contributed by atoms with Crippen LogP contribution in [0.5, 0.6) is 11.5 Å². The van der Waals surface area contributed by atoms with Crippen molar-refractivity contribution in [2.45, 2.75) is 6.92 Å². The summed E-state index contributed by atoms with van der Waals surface area (Å²) in [6.45, 7) is 2.08. The van der Waals surface area contributed by atoms with Gasteiger partial charge in [0.05, 0.1) is 16.6 Å². The van der Waals surface area contributed by atoms with Crippen LogP contribution in [0.4, 0.5) is 0 Å². The van der Waals surface area contributed by atoms with Crippen LogP contribution in [0.1, 0.15) is 5.56 Å². The molecule has 6 nitrogen and oxygen atoms in total. The van der Waals surface area contributed by atoms with Crippen molar-refractivity contribution in [1.29, 1.82) is 0 Å². The SMILES string of the molecule is Cc1cc2c3ccccc3n3cnnc3c2cc1Oc1ccc2c3ccccc3n(-c3ccccn3)c2c1. The summed E-state index contributed by atoms with van der Waals surface area (Å²) in [6.07, 6.45) is 3.59. The lowest BCUT2D eigenvalue weighted by Crippen LogP contribution is -1.96. The van der Waals surface area contributed by atoms with E-state index in [2.05, 4.69) is 93.4 Å². The predicted molar refractivity (Wildman–Crippen MR) is 151 cm³/mol. The van der Waals surface area contributed by atoms with Crippen molar-refractivity contribution in [2.24, 2.45) is 0 Å². The lowest BCUT2D eigenvalue weighted by Gasteiger charge is -2.13. The van der Waals surface area contributed by atoms with Crippen molar-refractivity contribution < 1.29 is 4.74 Å². The van der Waals surface area contributed by atoms with E-state index in [0.29, 0.717) is 0 Å². The van der Waals surface area contributed by atoms with Crippen LogP contribution in [0.2, 0.25) is 0 Å². The standard InChI is InChI=1S/C32H21N5O/c1-20-16-25-23-9-2-4-10-27(23)36-19-34-35-32(36)26(25)18-30(20)38-21-13-14-24-22-8-3-5-11-28(22)37(29(24)17-21)31-12-6-7-15-33-31/h2-19H,1H3. The summed E-state index contributed by atoms with van der Waals surface area (Å²) in [5.41, 5.74) is 5.11. The largest absolute Gasteiger partial charge is 0.457 e. The molecule has 0 fully saturated rings. The van der Waals surface area contributed by atoms with Crippen molar-refractivity contribution >= 4 is 49.1 Å². The molecule has 0 aliphatic heterocycles. The summed E-state index contributed by atoms with van der Waals surface area (Å²) in [6, 6.07) is 33.3. The van der Waals surface area contributed by atoms with Gasteiger partial charge in [-0.1, -0.05) is 42.5 Å². The molecular weight excluding hydrogens is 470 g/mol. The van der Waals surface area contributed by atoms with Gasteiger partial charge in [-0.05, 0) is 66.4 Å². The summed E-state index contributed by atoms with van der Waals surface area (Å²) in [5, 5.41) is 14.3. The number of fused-ring (bicyclic) bond motifs is 9. The Morgan fingerprint density at radius 2 is 1.42 bits per heavy atom. The van der Waals surface area contributed by atoms with Gasteiger partial charge in [0.1, 0.15) is 23.6 Å². The minimum atomic E-state index is 0.762. The summed E-state index contributed by atoms with van der Waals surface area (Å²) < 4.78 is 10.8. The molecule has 180 valence electrons. The number of para-hydroxylation sites is 2. The lowest BCUT2D eigenvalue weighted by molar-refractivity contribution is 0.480. The average Bonchev–Trinajstić information content (AvgIpc) is 3.58. The Balaban J connectivity index is 1.33. The van der Waals surface area contributed by atoms with Crippen LogP contribution in [-0.4, -0.2) is 24.1 Å². The number of rotatable bonds is 3. The topological polar surface area (TPSA) is 57.2 Å². The van der Waals surface area contributed by atoms with Crippen molar-refractivity contribution in [3.8, 4) is 17.3 Å². The highest BCUT2D eigenvalue weighted by atomic mass is 16.5. The number of benzene rings is 4. The minimum Gasteiger partial charge on any atom is -0.457 e. The second-order valence-corrected chi connectivity index (χ2v) is 9.53. The van der Waals surface area contributed by atoms with Crippen LogP contribution in [0.3, 0.4) is 0 Å². The van der Waals surface area contributed by atoms with E-state index in [1.807, 2.05) is 40.9 Å². The Morgan fingerprint density at radius 3 is 2.26 bits per heavy atom. The molecule has 4 aromatic heterocycles. The van der Waals surface area contributed by atoms with Gasteiger partial charge >= 0.3 is 0 Å². The minimum absolute atomic E-state index is 0.762. The molecule has 8 rings (SSSR count). The number of ether oxygens (including phenoxy) is 1. The third kappa shape index (κ3) is 2.97. The van der Waals surface area contributed by atoms with E-state index >= 15 is 0 Å². The van der Waals surface area contributed by atoms with Gasteiger partial charge < -0.3 is 4.74 Å². The van der Waals surface area contributed by atoms with Gasteiger partial charge in [-0.3, -0.25) is 8.97 Å². The van der Waals surface area contributed by atoms with E-state index in [-0.39, 0.29) is 0 Å². The molecule has 0 N–H and O–H groups in total. The molecule has 6 heteroatoms. The Labute approximate surface area is 217 Å². The first-order valence-electron chi connectivity index (χ1n) is 12.5. The van der Waals surface area contributed by atoms with Gasteiger partial charge in [0.25, 0.3) is 0 Å². The van der Waals surface area contributed by atoms with Crippen LogP contribution in [0.25, 0.3) is 54.9 Å². The average molecular weight is 492 g/mol. The van der Waals surface area contributed by atoms with Gasteiger partial charge in [-0.2, -0.15) is 0 Å². The molecule has 0 aliphatic rings. The quantitative estimate of drug-likeness (QED) is 0.238. The maximum Gasteiger partial charge on any atom is 0.169 e. The van der Waals surface area contributed by atoms with E-state index in [9.17, 15) is 0 Å². The number of nitrogens with zero attached hydrogens (tertiary/aromatic N) is 5. The van der Waals surface area contributed by atoms with E-state index in [1.54, 1.807) is 6.33 Å². The molecule has 8 aromatic rings. The zero-order chi connectivity index (χ0) is 25.2. The molecule has 38 heavy (non-hydrogen) atoms. The van der Waals surface area contributed by atoms with E-state index < -0.39 is 0 Å². The number of hydrogen-bond acceptors (Lipinski definition) is 4. The molecule has 0 atom stereocenters. The summed E-state index contributed by atoms with van der Waals surface area (Å²) in [4.78, 5) is 4.64. The highest BCUT2D eigenvalue weighted by molar-refractivity contribution is 6.12. The number of hydrogen-bond donors (Lipinski definition) is 0. The molecule has 0 radical (unpaired) electrons. The van der Waals surface area contributed by atoms with Gasteiger partial charge in [0.15, 0.2) is 5.65 Å². The third-order valence-corrected chi connectivity index (χ3v) is 7.31. The first kappa shape index (κ1) is 20.9. The molecule has 4 aromatic carbocycles. The molecule has 0 spiro atoms. The molecule has 0 saturated heterocycles. The fourth-order valence-corrected chi connectivity index (χ4v) is 5.59. The molecule has 0 aliphatic carbocycles. The van der Waals surface area contributed by atoms with Crippen LogP contribution < -0.4 is 4.74 Å². The Kier molecular flexibility index (Phi) is 4.34. The van der Waals surface area contributed by atoms with Crippen LogP contribution in [0.15, 0.2) is 110 Å². The summed E-state index contributed by atoms with van der Waals surface area (Å²) >= 11 is 0. The van der Waals surface area contributed by atoms with Gasteiger partial charge in [0, 0.05) is 33.8 Å². The number of aryl methyl sites for hydroxylation is 1. The van der Waals surface area contributed by atoms with E-state index in [1.165, 1.54) is 5.39 Å². The molecule has 0 bridgehead atoms. The van der Waals surface area contributed by atoms with E-state index in [0.717, 1.165) is 66.6 Å². The van der Waals surface area contributed by atoms with Gasteiger partial charge in [0.2, 0.25) is 0 Å². The molecule has 0 unspecified atom stereocenters. The van der Waals surface area contributed by atoms with Crippen molar-refractivity contribution in [2.75, 3.05) is 0 Å². The van der Waals surface area contributed by atoms with Crippen LogP contribution >= 0.6 is 0 Å². The molecule has 0 saturated carbocycles. The highest BCUT2D eigenvalue weighted by Crippen LogP contribution is 2.38. The van der Waals surface area contributed by atoms with Crippen molar-refractivity contribution in [1.82, 2.24) is 24.1 Å². The van der Waals surface area contributed by atoms with Gasteiger partial charge in [-0.15, -0.1) is 10.2 Å². The maximum absolute atomic E-state index is 6.56. The smallest absolute Gasteiger partial charge is 0.169 e. The van der Waals surface area contributed by atoms with Crippen molar-refractivity contribution in [3.63, 3.8) is 0 Å². The summed E-state index contributed by atoms with van der Waals surface area (Å²) in [7, 11) is 0. The normalized spacial score (nSPS) is 11.8. The number of pyridine rings is 2. The monoisotopic (exact) mass is 491 g/mol. The first-order valence-corrected chi connectivity index (χ1v) is 12.5. The van der Waals surface area contributed by atoms with Crippen LogP contribution in [0, 0.1) is 6.92 Å². The van der Waals surface area contributed by atoms with Gasteiger partial charge in [-0.25, -0.2) is 4.98 Å². The second-order valence-electron chi connectivity index (χ2n) is 9.53. The molecular formula is C32H21N5O. The number of aromatic nitrogens is 5. The predicted octanol–water partition coefficient (Wildman–Crippen LogP) is 7.63. The van der Waals surface area contributed by atoms with Crippen molar-refractivity contribution in [3.05, 3.63) is 115 Å². The molecule has 4 heterocycles. The molecule has 0 amide bonds. The third-order valence-electron chi connectivity index (χ3n) is 7.31. The zero-order valence-electron chi connectivity index (χ0n) is 20.5. The Morgan fingerprint density at radius 1 is 0.658 bits per heavy atom. The fourth-order valence-electron chi connectivity index (χ4n) is 5.59. The second kappa shape index (κ2) is 7.88. The maximum atomic E-state index is 6.56. The Bertz CT molecular complexity index is 2180.